The lowest BCUT2D eigenvalue weighted by atomic mass is 9.87. The molecule has 3 amide bonds. The zero-order chi connectivity index (χ0) is 25.8. The molecule has 1 aromatic carbocycles. The predicted octanol–water partition coefficient (Wildman–Crippen LogP) is 2.93. The first kappa shape index (κ1) is 26.5. The number of hydrogen-bond acceptors (Lipinski definition) is 5. The number of ether oxygens (including phenoxy) is 1. The minimum absolute atomic E-state index is 0.126. The standard InChI is InChI=1S/C25H33ClN4O5/c1-25(2,3)13-19(30-22(32)17-11-14-7-5-9-16(26)20(14)28-17)23(33)29-18(24(34)35-4)12-15-8-6-10-27-21(15)31/h5,7,9,11,15,18-19,28H,6,8,10,12-13H2,1-4H3,(H,27,31)(H,29,33)(H,30,32)/t15-,18-,19-/m0/s1. The number of aromatic nitrogens is 1. The van der Waals surface area contributed by atoms with Crippen LogP contribution in [0, 0.1) is 11.3 Å². The quantitative estimate of drug-likeness (QED) is 0.411. The molecule has 3 rings (SSSR count). The van der Waals surface area contributed by atoms with Gasteiger partial charge in [-0.15, -0.1) is 0 Å². The Morgan fingerprint density at radius 2 is 1.94 bits per heavy atom. The average Bonchev–Trinajstić information content (AvgIpc) is 3.24. The van der Waals surface area contributed by atoms with Crippen LogP contribution in [0.3, 0.4) is 0 Å². The molecule has 3 atom stereocenters. The van der Waals surface area contributed by atoms with Gasteiger partial charge < -0.3 is 25.7 Å². The highest BCUT2D eigenvalue weighted by Crippen LogP contribution is 2.25. The van der Waals surface area contributed by atoms with Gasteiger partial charge in [0, 0.05) is 17.8 Å². The van der Waals surface area contributed by atoms with E-state index in [2.05, 4.69) is 20.9 Å². The minimum Gasteiger partial charge on any atom is -0.467 e. The Hall–Kier alpha value is -3.07. The fourth-order valence-corrected chi connectivity index (χ4v) is 4.50. The summed E-state index contributed by atoms with van der Waals surface area (Å²) in [5.41, 5.74) is 0.596. The number of H-pyrrole nitrogens is 1. The summed E-state index contributed by atoms with van der Waals surface area (Å²) in [4.78, 5) is 54.0. The van der Waals surface area contributed by atoms with E-state index in [0.717, 1.165) is 11.8 Å². The molecule has 0 radical (unpaired) electrons. The maximum absolute atomic E-state index is 13.3. The van der Waals surface area contributed by atoms with E-state index in [-0.39, 0.29) is 23.4 Å². The topological polar surface area (TPSA) is 129 Å². The lowest BCUT2D eigenvalue weighted by Gasteiger charge is -2.29. The molecule has 0 spiro atoms. The number of carbonyl (C=O) groups excluding carboxylic acids is 4. The van der Waals surface area contributed by atoms with E-state index >= 15 is 0 Å². The number of methoxy groups -OCH3 is 1. The summed E-state index contributed by atoms with van der Waals surface area (Å²) in [6.07, 6.45) is 1.88. The number of para-hydroxylation sites is 1. The third kappa shape index (κ3) is 6.97. The number of amides is 3. The number of piperidine rings is 1. The summed E-state index contributed by atoms with van der Waals surface area (Å²) in [5.74, 6) is -2.17. The number of fused-ring (bicyclic) bond motifs is 1. The summed E-state index contributed by atoms with van der Waals surface area (Å²) in [6, 6.07) is 5.08. The molecule has 1 aromatic heterocycles. The van der Waals surface area contributed by atoms with Gasteiger partial charge in [-0.2, -0.15) is 0 Å². The third-order valence-corrected chi connectivity index (χ3v) is 6.33. The Bertz CT molecular complexity index is 1110. The summed E-state index contributed by atoms with van der Waals surface area (Å²) in [6.45, 7) is 6.45. The van der Waals surface area contributed by atoms with Crippen LogP contribution in [0.15, 0.2) is 24.3 Å². The Morgan fingerprint density at radius 3 is 2.57 bits per heavy atom. The van der Waals surface area contributed by atoms with Crippen LogP contribution >= 0.6 is 11.6 Å². The number of rotatable bonds is 8. The molecule has 1 saturated heterocycles. The van der Waals surface area contributed by atoms with Gasteiger partial charge in [-0.05, 0) is 43.2 Å². The maximum atomic E-state index is 13.3. The van der Waals surface area contributed by atoms with Crippen LogP contribution in [-0.2, 0) is 19.1 Å². The van der Waals surface area contributed by atoms with Gasteiger partial charge in [-0.25, -0.2) is 4.79 Å². The van der Waals surface area contributed by atoms with Gasteiger partial charge in [0.15, 0.2) is 0 Å². The van der Waals surface area contributed by atoms with Crippen molar-refractivity contribution in [3.63, 3.8) is 0 Å². The molecule has 0 aliphatic carbocycles. The van der Waals surface area contributed by atoms with Crippen molar-refractivity contribution in [2.45, 2.75) is 58.5 Å². The van der Waals surface area contributed by atoms with Crippen LogP contribution in [0.1, 0.15) is 56.9 Å². The van der Waals surface area contributed by atoms with Gasteiger partial charge in [0.05, 0.1) is 17.6 Å². The first-order valence-electron chi connectivity index (χ1n) is 11.7. The zero-order valence-corrected chi connectivity index (χ0v) is 21.3. The highest BCUT2D eigenvalue weighted by atomic mass is 35.5. The molecule has 190 valence electrons. The van der Waals surface area contributed by atoms with Crippen LogP contribution in [0.5, 0.6) is 0 Å². The Labute approximate surface area is 209 Å². The summed E-state index contributed by atoms with van der Waals surface area (Å²) >= 11 is 6.21. The Morgan fingerprint density at radius 1 is 1.20 bits per heavy atom. The first-order valence-corrected chi connectivity index (χ1v) is 12.1. The Kier molecular flexibility index (Phi) is 8.43. The number of aromatic amines is 1. The van der Waals surface area contributed by atoms with Gasteiger partial charge in [0.2, 0.25) is 11.8 Å². The molecular formula is C25H33ClN4O5. The molecule has 4 N–H and O–H groups in total. The van der Waals surface area contributed by atoms with Crippen molar-refractivity contribution in [1.82, 2.24) is 20.9 Å². The van der Waals surface area contributed by atoms with Gasteiger partial charge in [0.25, 0.3) is 5.91 Å². The molecule has 0 bridgehead atoms. The fraction of sp³-hybridized carbons (Fsp3) is 0.520. The van der Waals surface area contributed by atoms with Crippen LogP contribution in [0.25, 0.3) is 10.9 Å². The molecule has 1 aliphatic heterocycles. The van der Waals surface area contributed by atoms with Gasteiger partial charge in [-0.3, -0.25) is 14.4 Å². The van der Waals surface area contributed by atoms with Crippen molar-refractivity contribution in [3.05, 3.63) is 35.0 Å². The Balaban J connectivity index is 1.78. The molecule has 35 heavy (non-hydrogen) atoms. The van der Waals surface area contributed by atoms with Gasteiger partial charge >= 0.3 is 5.97 Å². The predicted molar refractivity (Wildman–Crippen MR) is 133 cm³/mol. The van der Waals surface area contributed by atoms with Crippen molar-refractivity contribution in [1.29, 1.82) is 0 Å². The SMILES string of the molecule is COC(=O)[C@H](C[C@@H]1CCCNC1=O)NC(=O)[C@H](CC(C)(C)C)NC(=O)c1cc2cccc(Cl)c2[nH]1. The monoisotopic (exact) mass is 504 g/mol. The van der Waals surface area contributed by atoms with Crippen molar-refractivity contribution in [2.24, 2.45) is 11.3 Å². The second-order valence-electron chi connectivity index (χ2n) is 10.1. The fourth-order valence-electron chi connectivity index (χ4n) is 4.27. The molecule has 1 aliphatic rings. The second-order valence-corrected chi connectivity index (χ2v) is 10.5. The van der Waals surface area contributed by atoms with Crippen LogP contribution in [-0.4, -0.2) is 54.4 Å². The molecule has 10 heteroatoms. The molecule has 2 heterocycles. The van der Waals surface area contributed by atoms with E-state index in [4.69, 9.17) is 16.3 Å². The number of nitrogens with one attached hydrogen (secondary N) is 4. The minimum atomic E-state index is -1.01. The number of esters is 1. The highest BCUT2D eigenvalue weighted by Gasteiger charge is 2.34. The highest BCUT2D eigenvalue weighted by molar-refractivity contribution is 6.35. The zero-order valence-electron chi connectivity index (χ0n) is 20.5. The number of hydrogen-bond donors (Lipinski definition) is 4. The normalized spacial score (nSPS) is 17.9. The molecule has 1 fully saturated rings. The average molecular weight is 505 g/mol. The van der Waals surface area contributed by atoms with E-state index in [1.54, 1.807) is 18.2 Å². The summed E-state index contributed by atoms with van der Waals surface area (Å²) in [5, 5.41) is 9.54. The smallest absolute Gasteiger partial charge is 0.328 e. The van der Waals surface area contributed by atoms with E-state index in [9.17, 15) is 19.2 Å². The largest absolute Gasteiger partial charge is 0.467 e. The van der Waals surface area contributed by atoms with Crippen LogP contribution in [0.2, 0.25) is 5.02 Å². The third-order valence-electron chi connectivity index (χ3n) is 6.01. The lowest BCUT2D eigenvalue weighted by molar-refractivity contribution is -0.146. The van der Waals surface area contributed by atoms with Crippen LogP contribution < -0.4 is 16.0 Å². The maximum Gasteiger partial charge on any atom is 0.328 e. The van der Waals surface area contributed by atoms with Crippen molar-refractivity contribution in [2.75, 3.05) is 13.7 Å². The lowest BCUT2D eigenvalue weighted by Crippen LogP contribution is -2.54. The van der Waals surface area contributed by atoms with Crippen molar-refractivity contribution in [3.8, 4) is 0 Å². The first-order chi connectivity index (χ1) is 16.5. The van der Waals surface area contributed by atoms with E-state index < -0.39 is 35.8 Å². The molecule has 2 aromatic rings. The number of carbonyl (C=O) groups is 4. The second kappa shape index (κ2) is 11.1. The molecule has 0 saturated carbocycles. The van der Waals surface area contributed by atoms with E-state index in [0.29, 0.717) is 29.9 Å². The number of halogens is 1. The van der Waals surface area contributed by atoms with Gasteiger partial charge in [0.1, 0.15) is 17.8 Å². The molecular weight excluding hydrogens is 472 g/mol. The van der Waals surface area contributed by atoms with Crippen molar-refractivity contribution >= 4 is 46.2 Å². The van der Waals surface area contributed by atoms with E-state index in [1.165, 1.54) is 7.11 Å². The summed E-state index contributed by atoms with van der Waals surface area (Å²) < 4.78 is 4.88. The van der Waals surface area contributed by atoms with Crippen LogP contribution in [0.4, 0.5) is 0 Å². The van der Waals surface area contributed by atoms with Crippen molar-refractivity contribution < 1.29 is 23.9 Å². The molecule has 9 nitrogen and oxygen atoms in total. The van der Waals surface area contributed by atoms with Gasteiger partial charge in [-0.1, -0.05) is 44.5 Å². The van der Waals surface area contributed by atoms with E-state index in [1.807, 2.05) is 26.8 Å². The summed E-state index contributed by atoms with van der Waals surface area (Å²) in [7, 11) is 1.23. The molecule has 0 unspecified atom stereocenters. The number of benzene rings is 1.